The molecular formula is C29H39F3N4O5S. The zero-order chi connectivity index (χ0) is 31.8. The third kappa shape index (κ3) is 9.28. The van der Waals surface area contributed by atoms with Crippen molar-refractivity contribution in [3.05, 3.63) is 63.7 Å². The molecule has 2 aromatic carbocycles. The summed E-state index contributed by atoms with van der Waals surface area (Å²) in [6.07, 6.45) is -3.53. The molecule has 0 unspecified atom stereocenters. The van der Waals surface area contributed by atoms with Gasteiger partial charge in [0.1, 0.15) is 5.84 Å². The van der Waals surface area contributed by atoms with Crippen LogP contribution in [0.25, 0.3) is 0 Å². The fraction of sp³-hybridized carbons (Fsp3) is 0.483. The van der Waals surface area contributed by atoms with E-state index in [2.05, 4.69) is 34.6 Å². The molecule has 0 bridgehead atoms. The predicted molar refractivity (Wildman–Crippen MR) is 155 cm³/mol. The summed E-state index contributed by atoms with van der Waals surface area (Å²) in [5.41, 5.74) is 5.76. The molecule has 0 spiro atoms. The number of likely N-dealkylation sites (N-methyl/N-ethyl adjacent to an activating group) is 1. The number of sulfonamides is 1. The maximum absolute atomic E-state index is 13.3. The van der Waals surface area contributed by atoms with E-state index in [0.29, 0.717) is 30.8 Å². The van der Waals surface area contributed by atoms with Crippen LogP contribution in [-0.4, -0.2) is 86.9 Å². The quantitative estimate of drug-likeness (QED) is 0.419. The van der Waals surface area contributed by atoms with Gasteiger partial charge in [-0.1, -0.05) is 30.3 Å². The Kier molecular flexibility index (Phi) is 12.1. The van der Waals surface area contributed by atoms with E-state index in [4.69, 9.17) is 9.90 Å². The van der Waals surface area contributed by atoms with Crippen LogP contribution >= 0.6 is 0 Å². The van der Waals surface area contributed by atoms with E-state index < -0.39 is 22.2 Å². The fourth-order valence-corrected chi connectivity index (χ4v) is 6.11. The van der Waals surface area contributed by atoms with E-state index in [-0.39, 0.29) is 5.91 Å². The van der Waals surface area contributed by atoms with E-state index in [0.717, 1.165) is 58.7 Å². The standard InChI is InChI=1S/C27H38N4O3S.C2HF3O2/c1-19-18-20(2)22(4)26(21(19)3)35(33,34)31(6)16-7-8-25(32)30(5)17-13-23-9-11-24(12-10-23)27-28-14-15-29-27;3-2(4,5)1(6)7/h9-12,18H,7-8,13-17H2,1-6H3,(H,28,29);(H,6,7). The molecule has 1 amide bonds. The molecule has 42 heavy (non-hydrogen) atoms. The SMILES string of the molecule is Cc1cc(C)c(C)c(S(=O)(=O)N(C)CCCC(=O)N(C)CCc2ccc(C3=NCCN3)cc2)c1C.O=C(O)C(F)(F)F. The maximum atomic E-state index is 13.3. The third-order valence-electron chi connectivity index (χ3n) is 7.13. The van der Waals surface area contributed by atoms with Gasteiger partial charge in [-0.15, -0.1) is 0 Å². The fourth-order valence-electron chi connectivity index (χ4n) is 4.33. The van der Waals surface area contributed by atoms with Gasteiger partial charge in [-0.25, -0.2) is 17.5 Å². The van der Waals surface area contributed by atoms with Crippen molar-refractivity contribution in [1.29, 1.82) is 0 Å². The molecule has 0 saturated heterocycles. The summed E-state index contributed by atoms with van der Waals surface area (Å²) in [4.78, 5) is 28.1. The van der Waals surface area contributed by atoms with Crippen molar-refractivity contribution >= 4 is 27.7 Å². The van der Waals surface area contributed by atoms with Crippen LogP contribution in [0.4, 0.5) is 13.2 Å². The minimum Gasteiger partial charge on any atom is -0.475 e. The van der Waals surface area contributed by atoms with E-state index in [9.17, 15) is 26.4 Å². The molecule has 1 heterocycles. The molecule has 0 fully saturated rings. The minimum absolute atomic E-state index is 0.0238. The number of rotatable bonds is 10. The highest BCUT2D eigenvalue weighted by Crippen LogP contribution is 2.28. The monoisotopic (exact) mass is 612 g/mol. The lowest BCUT2D eigenvalue weighted by atomic mass is 10.0. The first-order valence-corrected chi connectivity index (χ1v) is 14.9. The molecule has 13 heteroatoms. The number of nitrogens with one attached hydrogen (secondary N) is 1. The van der Waals surface area contributed by atoms with E-state index in [1.165, 1.54) is 4.31 Å². The summed E-state index contributed by atoms with van der Waals surface area (Å²) in [5, 5.41) is 10.4. The Morgan fingerprint density at radius 3 is 2.02 bits per heavy atom. The first-order valence-electron chi connectivity index (χ1n) is 13.4. The molecule has 0 aliphatic carbocycles. The third-order valence-corrected chi connectivity index (χ3v) is 9.27. The van der Waals surface area contributed by atoms with Gasteiger partial charge >= 0.3 is 12.1 Å². The maximum Gasteiger partial charge on any atom is 0.490 e. The second-order valence-electron chi connectivity index (χ2n) is 10.2. The zero-order valence-corrected chi connectivity index (χ0v) is 25.6. The highest BCUT2D eigenvalue weighted by Gasteiger charge is 2.38. The van der Waals surface area contributed by atoms with Crippen LogP contribution in [0.2, 0.25) is 0 Å². The first-order chi connectivity index (χ1) is 19.5. The van der Waals surface area contributed by atoms with Gasteiger partial charge in [0.15, 0.2) is 0 Å². The van der Waals surface area contributed by atoms with Crippen LogP contribution < -0.4 is 5.32 Å². The Labute approximate surface area is 245 Å². The molecule has 0 saturated carbocycles. The molecule has 2 N–H and O–H groups in total. The number of benzene rings is 2. The molecule has 0 atom stereocenters. The van der Waals surface area contributed by atoms with Crippen molar-refractivity contribution in [2.45, 2.75) is 58.0 Å². The number of amidine groups is 1. The van der Waals surface area contributed by atoms with E-state index in [1.54, 1.807) is 19.0 Å². The van der Waals surface area contributed by atoms with Gasteiger partial charge < -0.3 is 15.3 Å². The van der Waals surface area contributed by atoms with Crippen LogP contribution in [0, 0.1) is 27.7 Å². The zero-order valence-electron chi connectivity index (χ0n) is 24.8. The lowest BCUT2D eigenvalue weighted by molar-refractivity contribution is -0.192. The van der Waals surface area contributed by atoms with Gasteiger partial charge in [0.2, 0.25) is 15.9 Å². The van der Waals surface area contributed by atoms with Crippen molar-refractivity contribution in [2.75, 3.05) is 40.3 Å². The summed E-state index contributed by atoms with van der Waals surface area (Å²) in [6, 6.07) is 10.3. The Bertz CT molecular complexity index is 1380. The normalized spacial score (nSPS) is 13.2. The number of carbonyl (C=O) groups excluding carboxylic acids is 1. The summed E-state index contributed by atoms with van der Waals surface area (Å²) in [5.74, 6) is -1.79. The predicted octanol–water partition coefficient (Wildman–Crippen LogP) is 4.01. The molecule has 9 nitrogen and oxygen atoms in total. The van der Waals surface area contributed by atoms with Gasteiger partial charge in [0.05, 0.1) is 11.4 Å². The number of aryl methyl sites for hydroxylation is 2. The molecular weight excluding hydrogens is 573 g/mol. The Morgan fingerprint density at radius 1 is 1.00 bits per heavy atom. The molecule has 0 radical (unpaired) electrons. The lowest BCUT2D eigenvalue weighted by Gasteiger charge is -2.22. The lowest BCUT2D eigenvalue weighted by Crippen LogP contribution is -2.32. The molecule has 232 valence electrons. The first kappa shape index (κ1) is 34.7. The largest absolute Gasteiger partial charge is 0.490 e. The number of carboxylic acid groups (broad SMARTS) is 1. The Morgan fingerprint density at radius 2 is 1.55 bits per heavy atom. The topological polar surface area (TPSA) is 119 Å². The van der Waals surface area contributed by atoms with Gasteiger partial charge in [0.25, 0.3) is 0 Å². The summed E-state index contributed by atoms with van der Waals surface area (Å²) >= 11 is 0. The second-order valence-corrected chi connectivity index (χ2v) is 12.2. The van der Waals surface area contributed by atoms with E-state index in [1.807, 2.05) is 33.8 Å². The summed E-state index contributed by atoms with van der Waals surface area (Å²) in [7, 11) is -0.228. The number of hydrogen-bond donors (Lipinski definition) is 2. The molecule has 1 aliphatic heterocycles. The van der Waals surface area contributed by atoms with Gasteiger partial charge in [0, 0.05) is 45.7 Å². The Balaban J connectivity index is 0.000000782. The van der Waals surface area contributed by atoms with Crippen molar-refractivity contribution < 1.29 is 36.3 Å². The van der Waals surface area contributed by atoms with Gasteiger partial charge in [-0.3, -0.25) is 9.79 Å². The highest BCUT2D eigenvalue weighted by atomic mass is 32.2. The number of nitrogens with zero attached hydrogens (tertiary/aromatic N) is 3. The number of aliphatic imine (C=N–C) groups is 1. The number of alkyl halides is 3. The number of hydrogen-bond acceptors (Lipinski definition) is 6. The summed E-state index contributed by atoms with van der Waals surface area (Å²) in [6.45, 7) is 10.2. The molecule has 1 aliphatic rings. The average Bonchev–Trinajstić information content (AvgIpc) is 3.45. The van der Waals surface area contributed by atoms with Crippen LogP contribution in [0.3, 0.4) is 0 Å². The van der Waals surface area contributed by atoms with Crippen LogP contribution in [-0.2, 0) is 26.0 Å². The van der Waals surface area contributed by atoms with Crippen LogP contribution in [0.5, 0.6) is 0 Å². The van der Waals surface area contributed by atoms with Gasteiger partial charge in [-0.05, 0) is 68.4 Å². The van der Waals surface area contributed by atoms with Crippen molar-refractivity contribution in [3.8, 4) is 0 Å². The van der Waals surface area contributed by atoms with Crippen LogP contribution in [0.1, 0.15) is 46.2 Å². The number of halogens is 3. The second kappa shape index (κ2) is 14.6. The highest BCUT2D eigenvalue weighted by molar-refractivity contribution is 7.89. The molecule has 2 aromatic rings. The Hall–Kier alpha value is -3.45. The summed E-state index contributed by atoms with van der Waals surface area (Å²) < 4.78 is 59.7. The minimum atomic E-state index is -5.08. The van der Waals surface area contributed by atoms with Gasteiger partial charge in [-0.2, -0.15) is 13.2 Å². The molecule has 3 rings (SSSR count). The number of amides is 1. The van der Waals surface area contributed by atoms with E-state index >= 15 is 0 Å². The van der Waals surface area contributed by atoms with Crippen LogP contribution in [0.15, 0.2) is 40.2 Å². The smallest absolute Gasteiger partial charge is 0.475 e. The van der Waals surface area contributed by atoms with Crippen molar-refractivity contribution in [1.82, 2.24) is 14.5 Å². The van der Waals surface area contributed by atoms with Crippen molar-refractivity contribution in [3.63, 3.8) is 0 Å². The number of aliphatic carboxylic acids is 1. The number of carboxylic acids is 1. The average molecular weight is 613 g/mol. The molecule has 0 aromatic heterocycles. The van der Waals surface area contributed by atoms with Crippen molar-refractivity contribution in [2.24, 2.45) is 4.99 Å². The number of carbonyl (C=O) groups is 2.